The minimum absolute atomic E-state index is 0.0448. The Hall–Kier alpha value is -1.91. The third-order valence-corrected chi connectivity index (χ3v) is 3.09. The van der Waals surface area contributed by atoms with Crippen LogP contribution in [0.5, 0.6) is 0 Å². The van der Waals surface area contributed by atoms with E-state index in [0.29, 0.717) is 0 Å². The topological polar surface area (TPSA) is 72.2 Å². The van der Waals surface area contributed by atoms with Crippen LogP contribution in [0, 0.1) is 23.0 Å². The predicted molar refractivity (Wildman–Crippen MR) is 64.0 cm³/mol. The Kier molecular flexibility index (Phi) is 2.61. The molecule has 1 aliphatic heterocycles. The quantitative estimate of drug-likeness (QED) is 0.631. The first-order valence-electron chi connectivity index (χ1n) is 5.51. The molecule has 5 nitrogen and oxygen atoms in total. The van der Waals surface area contributed by atoms with Gasteiger partial charge >= 0.3 is 0 Å². The van der Waals surface area contributed by atoms with Crippen LogP contribution in [0.25, 0.3) is 0 Å². The Morgan fingerprint density at radius 3 is 2.59 bits per heavy atom. The number of nitrogens with one attached hydrogen (secondary N) is 1. The number of nitro groups is 1. The standard InChI is InChI=1S/C12H14N2O3/c1-6(2)10-9-5-8(14(16)17)4-7(3)11(9)13-12(10)15/h4-6,10H,1-3H3,(H,13,15). The summed E-state index contributed by atoms with van der Waals surface area (Å²) >= 11 is 0. The number of rotatable bonds is 2. The minimum atomic E-state index is -0.423. The van der Waals surface area contributed by atoms with Gasteiger partial charge < -0.3 is 5.32 Å². The van der Waals surface area contributed by atoms with Crippen molar-refractivity contribution in [1.29, 1.82) is 0 Å². The van der Waals surface area contributed by atoms with Crippen molar-refractivity contribution in [2.45, 2.75) is 26.7 Å². The highest BCUT2D eigenvalue weighted by molar-refractivity contribution is 6.04. The molecular weight excluding hydrogens is 220 g/mol. The van der Waals surface area contributed by atoms with Crippen LogP contribution in [-0.2, 0) is 4.79 Å². The number of amides is 1. The Bertz CT molecular complexity index is 509. The summed E-state index contributed by atoms with van der Waals surface area (Å²) in [6, 6.07) is 2.99. The van der Waals surface area contributed by atoms with Gasteiger partial charge in [0, 0.05) is 17.8 Å². The Labute approximate surface area is 99.0 Å². The summed E-state index contributed by atoms with van der Waals surface area (Å²) < 4.78 is 0. The number of nitro benzene ring substituents is 1. The van der Waals surface area contributed by atoms with E-state index in [1.165, 1.54) is 12.1 Å². The normalized spacial score (nSPS) is 18.1. The Morgan fingerprint density at radius 2 is 2.06 bits per heavy atom. The molecule has 0 radical (unpaired) electrons. The Balaban J connectivity index is 2.60. The number of fused-ring (bicyclic) bond motifs is 1. The second kappa shape index (κ2) is 3.84. The molecule has 0 bridgehead atoms. The number of anilines is 1. The van der Waals surface area contributed by atoms with Crippen molar-refractivity contribution in [3.8, 4) is 0 Å². The molecule has 1 amide bonds. The molecule has 1 aromatic carbocycles. The number of hydrogen-bond donors (Lipinski definition) is 1. The van der Waals surface area contributed by atoms with E-state index in [1.54, 1.807) is 6.92 Å². The van der Waals surface area contributed by atoms with Gasteiger partial charge in [0.05, 0.1) is 10.8 Å². The molecule has 2 rings (SSSR count). The molecular formula is C12H14N2O3. The van der Waals surface area contributed by atoms with Crippen LogP contribution >= 0.6 is 0 Å². The highest BCUT2D eigenvalue weighted by Gasteiger charge is 2.35. The van der Waals surface area contributed by atoms with E-state index >= 15 is 0 Å². The highest BCUT2D eigenvalue weighted by Crippen LogP contribution is 2.41. The van der Waals surface area contributed by atoms with Gasteiger partial charge in [0.25, 0.3) is 5.69 Å². The van der Waals surface area contributed by atoms with E-state index in [9.17, 15) is 14.9 Å². The van der Waals surface area contributed by atoms with Gasteiger partial charge in [-0.2, -0.15) is 0 Å². The fourth-order valence-electron chi connectivity index (χ4n) is 2.32. The van der Waals surface area contributed by atoms with Crippen LogP contribution in [0.2, 0.25) is 0 Å². The van der Waals surface area contributed by atoms with Crippen LogP contribution in [0.3, 0.4) is 0 Å². The van der Waals surface area contributed by atoms with Crippen LogP contribution in [0.1, 0.15) is 30.9 Å². The molecule has 1 aromatic rings. The maximum atomic E-state index is 11.8. The second-order valence-corrected chi connectivity index (χ2v) is 4.69. The number of hydrogen-bond acceptors (Lipinski definition) is 3. The lowest BCUT2D eigenvalue weighted by molar-refractivity contribution is -0.384. The van der Waals surface area contributed by atoms with Crippen molar-refractivity contribution in [3.05, 3.63) is 33.4 Å². The van der Waals surface area contributed by atoms with Crippen molar-refractivity contribution in [2.24, 2.45) is 5.92 Å². The Morgan fingerprint density at radius 1 is 1.41 bits per heavy atom. The minimum Gasteiger partial charge on any atom is -0.325 e. The average Bonchev–Trinajstić information content (AvgIpc) is 2.54. The van der Waals surface area contributed by atoms with E-state index in [-0.39, 0.29) is 23.4 Å². The van der Waals surface area contributed by atoms with Crippen LogP contribution < -0.4 is 5.32 Å². The first-order chi connectivity index (χ1) is 7.91. The smallest absolute Gasteiger partial charge is 0.270 e. The molecule has 0 aliphatic carbocycles. The molecule has 0 fully saturated rings. The van der Waals surface area contributed by atoms with Crippen LogP contribution in [0.4, 0.5) is 11.4 Å². The molecule has 0 aromatic heterocycles. The number of non-ortho nitro benzene ring substituents is 1. The van der Waals surface area contributed by atoms with Gasteiger partial charge in [-0.25, -0.2) is 0 Å². The fraction of sp³-hybridized carbons (Fsp3) is 0.417. The number of carbonyl (C=O) groups excluding carboxylic acids is 1. The number of carbonyl (C=O) groups is 1. The number of aryl methyl sites for hydroxylation is 1. The molecule has 90 valence electrons. The monoisotopic (exact) mass is 234 g/mol. The summed E-state index contributed by atoms with van der Waals surface area (Å²) in [7, 11) is 0. The van der Waals surface area contributed by atoms with Gasteiger partial charge in [-0.15, -0.1) is 0 Å². The molecule has 1 aliphatic rings. The first-order valence-corrected chi connectivity index (χ1v) is 5.51. The molecule has 0 saturated carbocycles. The third kappa shape index (κ3) is 1.77. The zero-order chi connectivity index (χ0) is 12.7. The summed E-state index contributed by atoms with van der Waals surface area (Å²) in [4.78, 5) is 22.2. The molecule has 1 atom stereocenters. The van der Waals surface area contributed by atoms with Crippen molar-refractivity contribution in [1.82, 2.24) is 0 Å². The van der Waals surface area contributed by atoms with Crippen molar-refractivity contribution < 1.29 is 9.72 Å². The SMILES string of the molecule is Cc1cc([N+](=O)[O-])cc2c1NC(=O)C2C(C)C. The summed E-state index contributed by atoms with van der Waals surface area (Å²) in [5.41, 5.74) is 2.27. The van der Waals surface area contributed by atoms with E-state index in [1.807, 2.05) is 13.8 Å². The maximum Gasteiger partial charge on any atom is 0.270 e. The first kappa shape index (κ1) is 11.6. The van der Waals surface area contributed by atoms with E-state index < -0.39 is 4.92 Å². The van der Waals surface area contributed by atoms with Gasteiger partial charge in [0.15, 0.2) is 0 Å². The van der Waals surface area contributed by atoms with Gasteiger partial charge in [-0.3, -0.25) is 14.9 Å². The van der Waals surface area contributed by atoms with Crippen LogP contribution in [0.15, 0.2) is 12.1 Å². The highest BCUT2D eigenvalue weighted by atomic mass is 16.6. The maximum absolute atomic E-state index is 11.8. The van der Waals surface area contributed by atoms with Crippen molar-refractivity contribution in [2.75, 3.05) is 5.32 Å². The summed E-state index contributed by atoms with van der Waals surface area (Å²) in [6.07, 6.45) is 0. The summed E-state index contributed by atoms with van der Waals surface area (Å²) in [5.74, 6) is -0.236. The fourth-order valence-corrected chi connectivity index (χ4v) is 2.32. The summed E-state index contributed by atoms with van der Waals surface area (Å²) in [5, 5.41) is 13.6. The predicted octanol–water partition coefficient (Wildman–Crippen LogP) is 2.59. The number of benzene rings is 1. The van der Waals surface area contributed by atoms with E-state index in [2.05, 4.69) is 5.32 Å². The van der Waals surface area contributed by atoms with E-state index in [4.69, 9.17) is 0 Å². The van der Waals surface area contributed by atoms with E-state index in [0.717, 1.165) is 16.8 Å². The van der Waals surface area contributed by atoms with Crippen LogP contribution in [-0.4, -0.2) is 10.8 Å². The lowest BCUT2D eigenvalue weighted by Crippen LogP contribution is -2.16. The third-order valence-electron chi connectivity index (χ3n) is 3.09. The van der Waals surface area contributed by atoms with Gasteiger partial charge in [-0.05, 0) is 24.0 Å². The number of nitrogens with zero attached hydrogens (tertiary/aromatic N) is 1. The zero-order valence-electron chi connectivity index (χ0n) is 9.98. The average molecular weight is 234 g/mol. The molecule has 1 unspecified atom stereocenters. The molecule has 0 saturated heterocycles. The molecule has 1 heterocycles. The van der Waals surface area contributed by atoms with Crippen molar-refractivity contribution >= 4 is 17.3 Å². The lowest BCUT2D eigenvalue weighted by atomic mass is 9.89. The van der Waals surface area contributed by atoms with Crippen molar-refractivity contribution in [3.63, 3.8) is 0 Å². The van der Waals surface area contributed by atoms with Gasteiger partial charge in [0.1, 0.15) is 0 Å². The molecule has 0 spiro atoms. The zero-order valence-corrected chi connectivity index (χ0v) is 9.98. The summed E-state index contributed by atoms with van der Waals surface area (Å²) in [6.45, 7) is 5.65. The second-order valence-electron chi connectivity index (χ2n) is 4.69. The van der Waals surface area contributed by atoms with Gasteiger partial charge in [0.2, 0.25) is 5.91 Å². The molecule has 1 N–H and O–H groups in total. The molecule has 17 heavy (non-hydrogen) atoms. The molecule has 5 heteroatoms. The lowest BCUT2D eigenvalue weighted by Gasteiger charge is -2.12. The van der Waals surface area contributed by atoms with Gasteiger partial charge in [-0.1, -0.05) is 13.8 Å². The largest absolute Gasteiger partial charge is 0.325 e.